The van der Waals surface area contributed by atoms with Crippen molar-refractivity contribution in [3.05, 3.63) is 70.4 Å². The highest BCUT2D eigenvalue weighted by atomic mass is 16.7. The molecule has 45 heavy (non-hydrogen) atoms. The van der Waals surface area contributed by atoms with Crippen LogP contribution in [0.25, 0.3) is 28.4 Å². The number of aromatic hydroxyl groups is 5. The lowest BCUT2D eigenvalue weighted by molar-refractivity contribution is -0.277. The van der Waals surface area contributed by atoms with E-state index in [1.807, 2.05) is 0 Å². The summed E-state index contributed by atoms with van der Waals surface area (Å²) >= 11 is 0. The molecule has 3 aromatic carbocycles. The summed E-state index contributed by atoms with van der Waals surface area (Å²) in [6, 6.07) is 9.72. The predicted molar refractivity (Wildman–Crippen MR) is 152 cm³/mol. The van der Waals surface area contributed by atoms with E-state index in [0.717, 1.165) is 30.3 Å². The monoisotopic (exact) mass is 626 g/mol. The highest BCUT2D eigenvalue weighted by Crippen LogP contribution is 2.43. The van der Waals surface area contributed by atoms with E-state index >= 15 is 0 Å². The number of esters is 1. The molecule has 0 saturated carbocycles. The molecule has 0 aliphatic carbocycles. The number of aliphatic hydroxyl groups is 4. The maximum absolute atomic E-state index is 12.7. The van der Waals surface area contributed by atoms with E-state index in [9.17, 15) is 55.5 Å². The molecule has 0 spiro atoms. The molecule has 9 N–H and O–H groups in total. The third kappa shape index (κ3) is 6.19. The summed E-state index contributed by atoms with van der Waals surface area (Å²) in [5.74, 6) is -5.60. The topological polar surface area (TPSA) is 257 Å². The van der Waals surface area contributed by atoms with Gasteiger partial charge in [-0.3, -0.25) is 4.79 Å². The summed E-state index contributed by atoms with van der Waals surface area (Å²) in [5, 5.41) is 89.5. The van der Waals surface area contributed by atoms with E-state index < -0.39 is 94.4 Å². The van der Waals surface area contributed by atoms with Crippen LogP contribution in [0.5, 0.6) is 40.2 Å². The first-order chi connectivity index (χ1) is 21.4. The van der Waals surface area contributed by atoms with Crippen molar-refractivity contribution < 1.29 is 69.4 Å². The zero-order valence-electron chi connectivity index (χ0n) is 22.8. The predicted octanol–water partition coefficient (Wildman–Crippen LogP) is 0.785. The number of benzene rings is 3. The normalized spacial score (nSPS) is 21.6. The fourth-order valence-electron chi connectivity index (χ4n) is 4.54. The Hall–Kier alpha value is -5.32. The SMILES string of the molecule is O=C(/C=C/c1ccc(OC2O[C@H](CO)[C@@H](O)[C@H](O)[C@H]2O)cc1)Oc1cc(-c2oc3cc(O)cc(O)c3c(=O)c2O)cc(O)c1O. The number of hydrogen-bond donors (Lipinski definition) is 9. The van der Waals surface area contributed by atoms with Crippen molar-refractivity contribution in [2.45, 2.75) is 30.7 Å². The molecule has 1 fully saturated rings. The van der Waals surface area contributed by atoms with Crippen LogP contribution in [0.3, 0.4) is 0 Å². The summed E-state index contributed by atoms with van der Waals surface area (Å²) in [4.78, 5) is 25.2. The first kappa shape index (κ1) is 31.1. The van der Waals surface area contributed by atoms with E-state index in [2.05, 4.69) is 0 Å². The molecule has 0 radical (unpaired) electrons. The summed E-state index contributed by atoms with van der Waals surface area (Å²) in [7, 11) is 0. The van der Waals surface area contributed by atoms with E-state index in [0.29, 0.717) is 5.56 Å². The quantitative estimate of drug-likeness (QED) is 0.0594. The molecular weight excluding hydrogens is 600 g/mol. The third-order valence-electron chi connectivity index (χ3n) is 6.86. The minimum absolute atomic E-state index is 0.185. The Labute approximate surface area is 251 Å². The van der Waals surface area contributed by atoms with Crippen LogP contribution in [0, 0.1) is 0 Å². The number of carbonyl (C=O) groups excluding carboxylic acids is 1. The van der Waals surface area contributed by atoms with Gasteiger partial charge in [-0.05, 0) is 35.9 Å². The van der Waals surface area contributed by atoms with Crippen LogP contribution in [-0.2, 0) is 9.53 Å². The van der Waals surface area contributed by atoms with Crippen LogP contribution >= 0.6 is 0 Å². The molecule has 1 aromatic heterocycles. The van der Waals surface area contributed by atoms with Crippen LogP contribution in [-0.4, -0.2) is 89.2 Å². The summed E-state index contributed by atoms with van der Waals surface area (Å²) in [5.41, 5.74) is -1.10. The van der Waals surface area contributed by atoms with Crippen molar-refractivity contribution in [2.75, 3.05) is 6.61 Å². The molecule has 4 aromatic rings. The minimum atomic E-state index is -1.61. The van der Waals surface area contributed by atoms with Gasteiger partial charge in [-0.1, -0.05) is 12.1 Å². The Morgan fingerprint density at radius 2 is 1.58 bits per heavy atom. The average Bonchev–Trinajstić information content (AvgIpc) is 3.00. The van der Waals surface area contributed by atoms with Gasteiger partial charge in [-0.25, -0.2) is 4.79 Å². The van der Waals surface area contributed by atoms with Gasteiger partial charge in [0.05, 0.1) is 6.61 Å². The first-order valence-corrected chi connectivity index (χ1v) is 13.1. The van der Waals surface area contributed by atoms with Crippen molar-refractivity contribution >= 4 is 23.0 Å². The molecule has 5 rings (SSSR count). The molecule has 1 unspecified atom stereocenters. The fraction of sp³-hybridized carbons (Fsp3) is 0.200. The molecule has 0 amide bonds. The van der Waals surface area contributed by atoms with Gasteiger partial charge in [0.2, 0.25) is 23.2 Å². The Morgan fingerprint density at radius 1 is 0.867 bits per heavy atom. The molecule has 1 aliphatic heterocycles. The number of phenols is 4. The van der Waals surface area contributed by atoms with Crippen LogP contribution in [0.1, 0.15) is 5.56 Å². The lowest BCUT2D eigenvalue weighted by Crippen LogP contribution is -2.60. The zero-order chi connectivity index (χ0) is 32.6. The maximum atomic E-state index is 12.7. The molecular formula is C30H26O15. The molecule has 5 atom stereocenters. The molecule has 15 nitrogen and oxygen atoms in total. The average molecular weight is 627 g/mol. The van der Waals surface area contributed by atoms with Gasteiger partial charge in [0, 0.05) is 23.8 Å². The van der Waals surface area contributed by atoms with Crippen LogP contribution in [0.2, 0.25) is 0 Å². The molecule has 15 heteroatoms. The van der Waals surface area contributed by atoms with Gasteiger partial charge in [0.25, 0.3) is 0 Å². The second-order valence-corrected chi connectivity index (χ2v) is 9.93. The van der Waals surface area contributed by atoms with Gasteiger partial charge in [-0.2, -0.15) is 0 Å². The highest BCUT2D eigenvalue weighted by Gasteiger charge is 2.44. The summed E-state index contributed by atoms with van der Waals surface area (Å²) < 4.78 is 21.4. The first-order valence-electron chi connectivity index (χ1n) is 13.1. The largest absolute Gasteiger partial charge is 0.508 e. The van der Waals surface area contributed by atoms with Gasteiger partial charge < -0.3 is 64.6 Å². The molecule has 236 valence electrons. The highest BCUT2D eigenvalue weighted by molar-refractivity contribution is 5.90. The molecule has 1 aliphatic rings. The van der Waals surface area contributed by atoms with Crippen molar-refractivity contribution in [3.63, 3.8) is 0 Å². The van der Waals surface area contributed by atoms with Crippen LogP contribution in [0.15, 0.2) is 63.8 Å². The Balaban J connectivity index is 1.31. The number of aliphatic hydroxyl groups excluding tert-OH is 4. The van der Waals surface area contributed by atoms with Gasteiger partial charge in [-0.15, -0.1) is 0 Å². The van der Waals surface area contributed by atoms with Crippen LogP contribution in [0.4, 0.5) is 0 Å². The number of hydrogen-bond acceptors (Lipinski definition) is 15. The van der Waals surface area contributed by atoms with Crippen molar-refractivity contribution in [2.24, 2.45) is 0 Å². The zero-order valence-corrected chi connectivity index (χ0v) is 22.8. The Kier molecular flexibility index (Phi) is 8.54. The van der Waals surface area contributed by atoms with Gasteiger partial charge >= 0.3 is 5.97 Å². The van der Waals surface area contributed by atoms with Gasteiger partial charge in [0.15, 0.2) is 17.3 Å². The fourth-order valence-corrected chi connectivity index (χ4v) is 4.54. The lowest BCUT2D eigenvalue weighted by atomic mass is 9.99. The van der Waals surface area contributed by atoms with Crippen molar-refractivity contribution in [1.82, 2.24) is 0 Å². The number of fused-ring (bicyclic) bond motifs is 1. The number of carbonyl (C=O) groups is 1. The minimum Gasteiger partial charge on any atom is -0.508 e. The number of phenolic OH excluding ortho intramolecular Hbond substituents is 4. The van der Waals surface area contributed by atoms with Gasteiger partial charge in [0.1, 0.15) is 52.6 Å². The maximum Gasteiger partial charge on any atom is 0.336 e. The lowest BCUT2D eigenvalue weighted by Gasteiger charge is -2.39. The van der Waals surface area contributed by atoms with Crippen molar-refractivity contribution in [3.8, 4) is 51.6 Å². The third-order valence-corrected chi connectivity index (χ3v) is 6.86. The van der Waals surface area contributed by atoms with E-state index in [1.54, 1.807) is 0 Å². The summed E-state index contributed by atoms with van der Waals surface area (Å²) in [6.07, 6.45) is -4.98. The smallest absolute Gasteiger partial charge is 0.336 e. The van der Waals surface area contributed by atoms with E-state index in [-0.39, 0.29) is 16.9 Å². The molecule has 2 heterocycles. The van der Waals surface area contributed by atoms with E-state index in [4.69, 9.17) is 18.6 Å². The molecule has 0 bridgehead atoms. The standard InChI is InChI=1S/C30H26O15/c31-11-20-24(37)26(39)28(41)30(45-20)42-15-4-1-12(2-5-15)3-6-21(35)43-19-8-13(7-17(34)23(19)36)29-27(40)25(38)22-16(33)9-14(32)10-18(22)44-29/h1-10,20,24,26,28,30-34,36-37,39-41H,11H2/b6-3+/t20-,24-,26+,28-,30?/m1/s1. The Morgan fingerprint density at radius 3 is 2.27 bits per heavy atom. The number of ether oxygens (including phenoxy) is 3. The van der Waals surface area contributed by atoms with Crippen LogP contribution < -0.4 is 14.9 Å². The second-order valence-electron chi connectivity index (χ2n) is 9.93. The van der Waals surface area contributed by atoms with E-state index in [1.165, 1.54) is 30.3 Å². The second kappa shape index (κ2) is 12.4. The summed E-state index contributed by atoms with van der Waals surface area (Å²) in [6.45, 7) is -0.620. The Bertz CT molecular complexity index is 1830. The van der Waals surface area contributed by atoms with Crippen molar-refractivity contribution in [1.29, 1.82) is 0 Å². The molecule has 1 saturated heterocycles. The number of rotatable bonds is 7.